The van der Waals surface area contributed by atoms with Crippen LogP contribution in [0.5, 0.6) is 0 Å². The first-order valence-corrected chi connectivity index (χ1v) is 39.0. The van der Waals surface area contributed by atoms with Gasteiger partial charge in [0.1, 0.15) is 54.7 Å². The van der Waals surface area contributed by atoms with Crippen molar-refractivity contribution in [1.82, 2.24) is 69.0 Å². The highest BCUT2D eigenvalue weighted by molar-refractivity contribution is 8.24. The van der Waals surface area contributed by atoms with Gasteiger partial charge in [0, 0.05) is 93.5 Å². The summed E-state index contributed by atoms with van der Waals surface area (Å²) in [7, 11) is 7.29. The van der Waals surface area contributed by atoms with E-state index in [-0.39, 0.29) is 95.8 Å². The number of carbonyl (C=O) groups is 5. The fourth-order valence-electron chi connectivity index (χ4n) is 11.1. The van der Waals surface area contributed by atoms with Gasteiger partial charge in [0.05, 0.1) is 116 Å². The summed E-state index contributed by atoms with van der Waals surface area (Å²) in [5.41, 5.74) is 2.04. The molecule has 0 aliphatic heterocycles. The Labute approximate surface area is 691 Å². The molecule has 0 aliphatic rings. The molecule has 0 fully saturated rings. The van der Waals surface area contributed by atoms with Gasteiger partial charge in [-0.3, -0.25) is 42.2 Å². The molecule has 0 saturated carbocycles. The highest BCUT2D eigenvalue weighted by Crippen LogP contribution is 2.61. The standard InChI is InChI=1S/C26H22F4N6O3.C25H18F4N6O2.C23H18F4N6O.C3H6O3.Cl3OP/c1-36-9-8-20(35-36)16-10-17(19(27)11-18(16)26(28,29)30)25(38)33-21-12-31-22(13-32-23(37)14-39-2)34-24(21)15-6-4-3-5-7-15;1-34-8-7-19(33-34)15-9-16(18(26)10-17(15)25(27,28)29)24(37)31-20-12-35-21(11-30-22(35)13-36)32-23(20)14-5-3-2-4-6-14;1-33-8-7-18(32-33)14-9-15(17(24)10-16(14)23(25,26)27)22(34)30-19-12-29-20(11-28)31-21(19)13-5-3-2-4-6-13;1-6-2-3(4)5;1-5(2,3)4/h3-12H,13-14H2,1-2H3,(H,32,37)(H,33,38);2-12,36H,13H2,1H3,(H,31,37);2-10,12H,11,28H2,1H3,(H,30,34);2H2,1H3,(H,4,5);. The summed E-state index contributed by atoms with van der Waals surface area (Å²) in [4.78, 5) is 86.1. The van der Waals surface area contributed by atoms with Crippen molar-refractivity contribution < 1.29 is 101 Å². The number of carbonyl (C=O) groups excluding carboxylic acids is 4. The van der Waals surface area contributed by atoms with Crippen LogP contribution in [-0.4, -0.2) is 131 Å². The monoisotopic (exact) mass is 1760 g/mol. The number of nitrogens with one attached hydrogen (secondary N) is 4. The summed E-state index contributed by atoms with van der Waals surface area (Å²) in [5, 5.41) is 36.3. The van der Waals surface area contributed by atoms with E-state index in [0.717, 1.165) is 18.2 Å². The normalized spacial score (nSPS) is 11.4. The Hall–Kier alpha value is -12.8. The molecular weight excluding hydrogens is 1700 g/mol. The molecule has 7 heterocycles. The van der Waals surface area contributed by atoms with Crippen molar-refractivity contribution in [1.29, 1.82) is 0 Å². The van der Waals surface area contributed by atoms with Crippen LogP contribution in [0.2, 0.25) is 0 Å². The molecule has 6 aromatic carbocycles. The fourth-order valence-corrected chi connectivity index (χ4v) is 11.1. The molecule has 0 spiro atoms. The zero-order valence-electron chi connectivity index (χ0n) is 63.1. The quantitative estimate of drug-likeness (QED) is 0.0275. The van der Waals surface area contributed by atoms with Gasteiger partial charge in [0.25, 0.3) is 17.7 Å². The predicted octanol–water partition coefficient (Wildman–Crippen LogP) is 15.9. The molecule has 8 N–H and O–H groups in total. The number of aromatic nitrogens is 13. The van der Waals surface area contributed by atoms with E-state index in [1.54, 1.807) is 91.0 Å². The highest BCUT2D eigenvalue weighted by atomic mass is 36.0. The number of hydrogen-bond donors (Lipinski definition) is 7. The molecule has 13 aromatic rings. The third kappa shape index (κ3) is 24.9. The number of benzene rings is 6. The Balaban J connectivity index is 0.000000194. The van der Waals surface area contributed by atoms with Crippen LogP contribution in [0.15, 0.2) is 189 Å². The molecule has 4 amide bonds. The highest BCUT2D eigenvalue weighted by Gasteiger charge is 2.39. The van der Waals surface area contributed by atoms with Crippen molar-refractivity contribution in [2.24, 2.45) is 26.9 Å². The van der Waals surface area contributed by atoms with Crippen LogP contribution < -0.4 is 27.0 Å². The van der Waals surface area contributed by atoms with Crippen molar-refractivity contribution in [3.63, 3.8) is 0 Å². The van der Waals surface area contributed by atoms with Gasteiger partial charge in [-0.1, -0.05) is 91.0 Å². The van der Waals surface area contributed by atoms with E-state index in [1.165, 1.54) is 115 Å². The van der Waals surface area contributed by atoms with E-state index < -0.39 is 122 Å². The second-order valence-corrected chi connectivity index (χ2v) is 31.7. The molecule has 0 saturated heterocycles. The topological polar surface area (TPSA) is 371 Å². The van der Waals surface area contributed by atoms with Gasteiger partial charge in [-0.2, -0.15) is 54.8 Å². The Kier molecular flexibility index (Phi) is 30.7. The summed E-state index contributed by atoms with van der Waals surface area (Å²) >= 11 is 13.8. The van der Waals surface area contributed by atoms with Crippen LogP contribution in [0.3, 0.4) is 0 Å². The third-order valence-corrected chi connectivity index (χ3v) is 16.4. The van der Waals surface area contributed by atoms with Crippen molar-refractivity contribution in [3.05, 3.63) is 257 Å². The van der Waals surface area contributed by atoms with E-state index in [0.29, 0.717) is 45.6 Å². The average Bonchev–Trinajstić information content (AvgIpc) is 1.76. The summed E-state index contributed by atoms with van der Waals surface area (Å²) < 4.78 is 191. The van der Waals surface area contributed by atoms with Gasteiger partial charge < -0.3 is 46.7 Å². The lowest BCUT2D eigenvalue weighted by Crippen LogP contribution is -2.27. The Morgan fingerprint density at radius 1 is 0.496 bits per heavy atom. The number of nitrogens with zero attached hydrogens (tertiary/aromatic N) is 13. The summed E-state index contributed by atoms with van der Waals surface area (Å²) in [6, 6.07) is 33.6. The largest absolute Gasteiger partial charge is 0.480 e. The maximum atomic E-state index is 14.9. The number of alkyl halides is 9. The van der Waals surface area contributed by atoms with Crippen molar-refractivity contribution >= 4 is 91.2 Å². The Morgan fingerprint density at radius 3 is 1.16 bits per heavy atom. The van der Waals surface area contributed by atoms with Gasteiger partial charge in [-0.15, -0.1) is 0 Å². The van der Waals surface area contributed by atoms with Crippen LogP contribution in [0.4, 0.5) is 69.7 Å². The molecule has 632 valence electrons. The maximum Gasteiger partial charge on any atom is 0.417 e. The SMILES string of the molecule is COCC(=O)NCc1ncc(NC(=O)c2cc(-c3ccn(C)n3)c(C(F)(F)F)cc2F)c(-c2ccccc2)n1.COCC(=O)O.Cn1ccc(-c2cc(C(=O)Nc3cn4c(CO)ncc4nc3-c3ccccc3)c(F)cc2C(F)(F)F)n1.Cn1ccc(-c2cc(C(=O)Nc3cnc(CN)nc3-c3ccccc3)c(F)cc2C(F)(F)F)n1.O=P(Cl)(Cl)Cl. The number of aliphatic carboxylic acids is 1. The van der Waals surface area contributed by atoms with Gasteiger partial charge in [-0.25, -0.2) is 47.9 Å². The number of halogens is 15. The number of rotatable bonds is 20. The van der Waals surface area contributed by atoms with Crippen LogP contribution in [0, 0.1) is 17.5 Å². The lowest BCUT2D eigenvalue weighted by Gasteiger charge is -2.16. The van der Waals surface area contributed by atoms with E-state index in [1.807, 2.05) is 0 Å². The van der Waals surface area contributed by atoms with Crippen LogP contribution in [-0.2, 0) is 83.0 Å². The number of methoxy groups -OCH3 is 2. The summed E-state index contributed by atoms with van der Waals surface area (Å²) in [5.74, 6) is -7.56. The fraction of sp³-hybridized carbons (Fsp3) is 0.169. The molecule has 0 unspecified atom stereocenters. The minimum atomic E-state index is -4.88. The predicted molar refractivity (Wildman–Crippen MR) is 420 cm³/mol. The minimum absolute atomic E-state index is 0.0305. The number of ether oxygens (including phenoxy) is 2. The van der Waals surface area contributed by atoms with Crippen LogP contribution in [0.1, 0.15) is 65.2 Å². The number of amides is 4. The van der Waals surface area contributed by atoms with Crippen LogP contribution >= 0.6 is 38.9 Å². The number of aryl methyl sites for hydroxylation is 3. The number of aliphatic hydroxyl groups is 1. The molecule has 13 rings (SSSR count). The molecule has 0 aliphatic carbocycles. The van der Waals surface area contributed by atoms with Crippen molar-refractivity contribution in [2.45, 2.75) is 38.2 Å². The number of anilines is 3. The summed E-state index contributed by atoms with van der Waals surface area (Å²) in [6.07, 6.45) is -4.80. The second kappa shape index (κ2) is 40.3. The smallest absolute Gasteiger partial charge is 0.417 e. The first kappa shape index (κ1) is 92.1. The molecule has 0 bridgehead atoms. The van der Waals surface area contributed by atoms with Gasteiger partial charge in [0.15, 0.2) is 5.65 Å². The molecule has 121 heavy (non-hydrogen) atoms. The lowest BCUT2D eigenvalue weighted by atomic mass is 9.99. The van der Waals surface area contributed by atoms with Crippen molar-refractivity contribution in [2.75, 3.05) is 43.4 Å². The third-order valence-electron chi connectivity index (χ3n) is 16.4. The molecule has 28 nitrogen and oxygen atoms in total. The van der Waals surface area contributed by atoms with E-state index in [4.69, 9.17) is 15.6 Å². The Bertz CT molecular complexity index is 5940. The molecule has 7 aromatic heterocycles. The number of carboxylic acid groups (broad SMARTS) is 1. The Morgan fingerprint density at radius 2 is 0.843 bits per heavy atom. The molecule has 0 atom stereocenters. The zero-order chi connectivity index (χ0) is 88.4. The van der Waals surface area contributed by atoms with Crippen LogP contribution in [0.25, 0.3) is 73.2 Å². The summed E-state index contributed by atoms with van der Waals surface area (Å²) in [6.45, 7) is -0.750. The number of imidazole rings is 1. The lowest BCUT2D eigenvalue weighted by molar-refractivity contribution is -0.141. The number of carboxylic acids is 1. The molecule has 0 radical (unpaired) electrons. The number of nitrogens with two attached hydrogens (primary N) is 1. The first-order chi connectivity index (χ1) is 57.2. The molecular formula is C77H64Cl3F12N18O10P. The van der Waals surface area contributed by atoms with Gasteiger partial charge in [0.2, 0.25) is 5.91 Å². The average molecular weight is 1770 g/mol. The second-order valence-electron chi connectivity index (χ2n) is 25.0. The minimum Gasteiger partial charge on any atom is -0.480 e. The number of hydrogen-bond acceptors (Lipinski definition) is 19. The van der Waals surface area contributed by atoms with E-state index in [2.05, 4.69) is 105 Å². The van der Waals surface area contributed by atoms with Gasteiger partial charge >= 0.3 is 29.7 Å². The zero-order valence-corrected chi connectivity index (χ0v) is 66.3. The van der Waals surface area contributed by atoms with E-state index in [9.17, 15) is 86.3 Å². The molecule has 44 heteroatoms. The number of aliphatic hydroxyl groups excluding tert-OH is 1. The van der Waals surface area contributed by atoms with Gasteiger partial charge in [-0.05, 0) is 88.3 Å². The first-order valence-electron chi connectivity index (χ1n) is 34.5. The maximum absolute atomic E-state index is 14.9. The van der Waals surface area contributed by atoms with Crippen molar-refractivity contribution in [3.8, 4) is 67.5 Å². The number of fused-ring (bicyclic) bond motifs is 1. The van der Waals surface area contributed by atoms with E-state index >= 15 is 0 Å².